The maximum absolute atomic E-state index is 8.91. The number of rotatable bonds is 5. The lowest BCUT2D eigenvalue weighted by Crippen LogP contribution is -2.43. The number of nitrogens with zero attached hydrogens (tertiary/aromatic N) is 3. The van der Waals surface area contributed by atoms with Crippen LogP contribution in [-0.4, -0.2) is 46.2 Å². The molecule has 0 amide bonds. The molecule has 1 heterocycles. The zero-order valence-electron chi connectivity index (χ0n) is 10.3. The van der Waals surface area contributed by atoms with E-state index >= 15 is 0 Å². The number of aliphatic hydroxyl groups excluding tert-OH is 1. The van der Waals surface area contributed by atoms with Crippen LogP contribution in [0.4, 0.5) is 0 Å². The zero-order chi connectivity index (χ0) is 12.2. The van der Waals surface area contributed by atoms with Gasteiger partial charge in [0.05, 0.1) is 24.7 Å². The third-order valence-electron chi connectivity index (χ3n) is 2.61. The first kappa shape index (κ1) is 12.9. The molecular weight excluding hydrogens is 206 g/mol. The van der Waals surface area contributed by atoms with Crippen molar-refractivity contribution in [1.29, 1.82) is 0 Å². The summed E-state index contributed by atoms with van der Waals surface area (Å²) >= 11 is 0. The molecule has 0 saturated carbocycles. The van der Waals surface area contributed by atoms with Crippen LogP contribution in [0.15, 0.2) is 12.4 Å². The van der Waals surface area contributed by atoms with Gasteiger partial charge in [-0.3, -0.25) is 4.98 Å². The summed E-state index contributed by atoms with van der Waals surface area (Å²) in [7, 11) is 4.00. The van der Waals surface area contributed by atoms with Crippen LogP contribution in [0.2, 0.25) is 0 Å². The number of ether oxygens (including phenoxy) is 1. The van der Waals surface area contributed by atoms with Crippen LogP contribution in [0.3, 0.4) is 0 Å². The molecule has 16 heavy (non-hydrogen) atoms. The van der Waals surface area contributed by atoms with Gasteiger partial charge in [0.15, 0.2) is 0 Å². The average molecular weight is 225 g/mol. The maximum atomic E-state index is 8.91. The van der Waals surface area contributed by atoms with E-state index in [0.717, 1.165) is 0 Å². The summed E-state index contributed by atoms with van der Waals surface area (Å²) in [5.41, 5.74) is 0.442. The number of hydrogen-bond acceptors (Lipinski definition) is 5. The Labute approximate surface area is 96.1 Å². The molecule has 0 spiro atoms. The monoisotopic (exact) mass is 225 g/mol. The standard InChI is InChI=1S/C11H19N3O2/c1-11(2,14(3)4)8-16-10-6-12-5-9(7-15)13-10/h5-6,15H,7-8H2,1-4H3. The molecule has 0 radical (unpaired) electrons. The largest absolute Gasteiger partial charge is 0.475 e. The summed E-state index contributed by atoms with van der Waals surface area (Å²) < 4.78 is 5.55. The van der Waals surface area contributed by atoms with Crippen LogP contribution < -0.4 is 4.74 Å². The van der Waals surface area contributed by atoms with E-state index in [9.17, 15) is 0 Å². The quantitative estimate of drug-likeness (QED) is 0.799. The smallest absolute Gasteiger partial charge is 0.232 e. The van der Waals surface area contributed by atoms with E-state index in [0.29, 0.717) is 18.2 Å². The van der Waals surface area contributed by atoms with Crippen molar-refractivity contribution >= 4 is 0 Å². The second-order valence-electron chi connectivity index (χ2n) is 4.50. The summed E-state index contributed by atoms with van der Waals surface area (Å²) in [5.74, 6) is 0.446. The normalized spacial score (nSPS) is 11.9. The number of hydrogen-bond donors (Lipinski definition) is 1. The predicted octanol–water partition coefficient (Wildman–Crippen LogP) is 0.688. The zero-order valence-corrected chi connectivity index (χ0v) is 10.3. The highest BCUT2D eigenvalue weighted by molar-refractivity contribution is 5.08. The third kappa shape index (κ3) is 3.43. The third-order valence-corrected chi connectivity index (χ3v) is 2.61. The second kappa shape index (κ2) is 5.23. The van der Waals surface area contributed by atoms with Gasteiger partial charge in [0.25, 0.3) is 0 Å². The second-order valence-corrected chi connectivity index (χ2v) is 4.50. The molecule has 5 heteroatoms. The lowest BCUT2D eigenvalue weighted by atomic mass is 10.1. The molecule has 5 nitrogen and oxygen atoms in total. The topological polar surface area (TPSA) is 58.5 Å². The Bertz CT molecular complexity index is 340. The predicted molar refractivity (Wildman–Crippen MR) is 61.2 cm³/mol. The number of likely N-dealkylation sites (N-methyl/N-ethyl adjacent to an activating group) is 1. The van der Waals surface area contributed by atoms with Crippen molar-refractivity contribution < 1.29 is 9.84 Å². The van der Waals surface area contributed by atoms with Gasteiger partial charge in [0.2, 0.25) is 5.88 Å². The Hall–Kier alpha value is -1.20. The van der Waals surface area contributed by atoms with Crippen molar-refractivity contribution in [1.82, 2.24) is 14.9 Å². The number of aromatic nitrogens is 2. The Morgan fingerprint density at radius 3 is 2.62 bits per heavy atom. The SMILES string of the molecule is CN(C)C(C)(C)COc1cncc(CO)n1. The van der Waals surface area contributed by atoms with E-state index in [-0.39, 0.29) is 12.1 Å². The summed E-state index contributed by atoms with van der Waals surface area (Å²) in [6, 6.07) is 0. The van der Waals surface area contributed by atoms with Gasteiger partial charge >= 0.3 is 0 Å². The summed E-state index contributed by atoms with van der Waals surface area (Å²) in [5, 5.41) is 8.91. The van der Waals surface area contributed by atoms with Crippen molar-refractivity contribution in [3.63, 3.8) is 0 Å². The fourth-order valence-electron chi connectivity index (χ4n) is 0.912. The molecule has 1 aromatic heterocycles. The van der Waals surface area contributed by atoms with Crippen molar-refractivity contribution in [2.45, 2.75) is 26.0 Å². The van der Waals surface area contributed by atoms with E-state index in [1.807, 2.05) is 14.1 Å². The van der Waals surface area contributed by atoms with Crippen molar-refractivity contribution in [3.05, 3.63) is 18.1 Å². The van der Waals surface area contributed by atoms with Gasteiger partial charge in [0, 0.05) is 5.54 Å². The summed E-state index contributed by atoms with van der Waals surface area (Å²) in [4.78, 5) is 10.1. The van der Waals surface area contributed by atoms with Gasteiger partial charge in [-0.25, -0.2) is 4.98 Å². The minimum Gasteiger partial charge on any atom is -0.475 e. The first-order valence-corrected chi connectivity index (χ1v) is 5.18. The average Bonchev–Trinajstić information content (AvgIpc) is 2.26. The number of aliphatic hydroxyl groups is 1. The lowest BCUT2D eigenvalue weighted by Gasteiger charge is -2.31. The van der Waals surface area contributed by atoms with E-state index in [4.69, 9.17) is 9.84 Å². The van der Waals surface area contributed by atoms with Crippen LogP contribution in [-0.2, 0) is 6.61 Å². The summed E-state index contributed by atoms with van der Waals surface area (Å²) in [6.45, 7) is 4.55. The highest BCUT2D eigenvalue weighted by Crippen LogP contribution is 2.13. The molecule has 90 valence electrons. The highest BCUT2D eigenvalue weighted by atomic mass is 16.5. The van der Waals surface area contributed by atoms with Crippen LogP contribution in [0.25, 0.3) is 0 Å². The van der Waals surface area contributed by atoms with Crippen molar-refractivity contribution in [3.8, 4) is 5.88 Å². The molecule has 0 fully saturated rings. The molecule has 0 aliphatic heterocycles. The van der Waals surface area contributed by atoms with Gasteiger partial charge in [-0.15, -0.1) is 0 Å². The molecule has 0 aliphatic rings. The highest BCUT2D eigenvalue weighted by Gasteiger charge is 2.21. The van der Waals surface area contributed by atoms with Gasteiger partial charge in [-0.1, -0.05) is 0 Å². The molecule has 0 bridgehead atoms. The fourth-order valence-corrected chi connectivity index (χ4v) is 0.912. The van der Waals surface area contributed by atoms with Crippen molar-refractivity contribution in [2.24, 2.45) is 0 Å². The first-order valence-electron chi connectivity index (χ1n) is 5.18. The Morgan fingerprint density at radius 2 is 2.06 bits per heavy atom. The van der Waals surface area contributed by atoms with E-state index in [2.05, 4.69) is 28.7 Å². The van der Waals surface area contributed by atoms with E-state index < -0.39 is 0 Å². The molecule has 0 unspecified atom stereocenters. The molecule has 0 aromatic carbocycles. The van der Waals surface area contributed by atoms with Crippen molar-refractivity contribution in [2.75, 3.05) is 20.7 Å². The molecule has 0 saturated heterocycles. The van der Waals surface area contributed by atoms with Crippen LogP contribution in [0, 0.1) is 0 Å². The minimum absolute atomic E-state index is 0.0725. The molecule has 0 atom stereocenters. The van der Waals surface area contributed by atoms with Gasteiger partial charge in [-0.2, -0.15) is 0 Å². The fraction of sp³-hybridized carbons (Fsp3) is 0.636. The lowest BCUT2D eigenvalue weighted by molar-refractivity contribution is 0.110. The van der Waals surface area contributed by atoms with Gasteiger partial charge in [0.1, 0.15) is 6.61 Å². The Kier molecular flexibility index (Phi) is 4.20. The van der Waals surface area contributed by atoms with E-state index in [1.165, 1.54) is 6.20 Å². The van der Waals surface area contributed by atoms with Crippen LogP contribution >= 0.6 is 0 Å². The van der Waals surface area contributed by atoms with Gasteiger partial charge in [-0.05, 0) is 27.9 Å². The molecule has 0 aliphatic carbocycles. The maximum Gasteiger partial charge on any atom is 0.232 e. The van der Waals surface area contributed by atoms with Gasteiger partial charge < -0.3 is 14.7 Å². The molecule has 1 aromatic rings. The van der Waals surface area contributed by atoms with Crippen LogP contribution in [0.1, 0.15) is 19.5 Å². The molecule has 1 rings (SSSR count). The summed E-state index contributed by atoms with van der Waals surface area (Å²) in [6.07, 6.45) is 3.06. The molecular formula is C11H19N3O2. The minimum atomic E-state index is -0.124. The van der Waals surface area contributed by atoms with Crippen LogP contribution in [0.5, 0.6) is 5.88 Å². The first-order chi connectivity index (χ1) is 7.45. The Balaban J connectivity index is 2.60. The Morgan fingerprint density at radius 1 is 1.38 bits per heavy atom. The molecule has 1 N–H and O–H groups in total. The van der Waals surface area contributed by atoms with E-state index in [1.54, 1.807) is 6.20 Å².